The van der Waals surface area contributed by atoms with Crippen LogP contribution in [0.25, 0.3) is 5.69 Å². The van der Waals surface area contributed by atoms with Crippen molar-refractivity contribution in [1.29, 1.82) is 0 Å². The molecule has 0 aliphatic carbocycles. The molecule has 0 saturated carbocycles. The summed E-state index contributed by atoms with van der Waals surface area (Å²) in [7, 11) is 0. The van der Waals surface area contributed by atoms with Crippen LogP contribution in [0.5, 0.6) is 0 Å². The van der Waals surface area contributed by atoms with E-state index in [1.54, 1.807) is 23.5 Å². The van der Waals surface area contributed by atoms with E-state index in [2.05, 4.69) is 47.3 Å². The van der Waals surface area contributed by atoms with Crippen molar-refractivity contribution in [2.24, 2.45) is 0 Å². The first-order valence-corrected chi connectivity index (χ1v) is 10.7. The fraction of sp³-hybridized carbons (Fsp3) is 0.304. The summed E-state index contributed by atoms with van der Waals surface area (Å²) in [6.45, 7) is 6.88. The largest absolute Gasteiger partial charge is 0.343 e. The Bertz CT molecular complexity index is 1030. The van der Waals surface area contributed by atoms with Crippen LogP contribution < -0.4 is 5.32 Å². The molecular weight excluding hydrogens is 382 g/mol. The van der Waals surface area contributed by atoms with Crippen molar-refractivity contribution in [2.75, 3.05) is 13.1 Å². The number of carbonyl (C=O) groups excluding carboxylic acids is 2. The SMILES string of the molecule is Cc1ccc(C)n1-c1ccc(C(=O)NCC(=O)N2CCc3sccc3[C@H]2C)cc1. The molecule has 0 radical (unpaired) electrons. The highest BCUT2D eigenvalue weighted by Gasteiger charge is 2.28. The van der Waals surface area contributed by atoms with Crippen LogP contribution in [0.2, 0.25) is 0 Å². The van der Waals surface area contributed by atoms with Crippen molar-refractivity contribution in [3.8, 4) is 5.69 Å². The zero-order valence-corrected chi connectivity index (χ0v) is 17.8. The monoisotopic (exact) mass is 407 g/mol. The first kappa shape index (κ1) is 19.5. The van der Waals surface area contributed by atoms with E-state index in [4.69, 9.17) is 0 Å². The van der Waals surface area contributed by atoms with Crippen LogP contribution in [0, 0.1) is 13.8 Å². The summed E-state index contributed by atoms with van der Waals surface area (Å²) in [4.78, 5) is 28.4. The van der Waals surface area contributed by atoms with E-state index in [9.17, 15) is 9.59 Å². The average molecular weight is 408 g/mol. The van der Waals surface area contributed by atoms with Gasteiger partial charge in [-0.15, -0.1) is 11.3 Å². The van der Waals surface area contributed by atoms with Gasteiger partial charge in [0.1, 0.15) is 0 Å². The highest BCUT2D eigenvalue weighted by atomic mass is 32.1. The molecule has 0 fully saturated rings. The number of aromatic nitrogens is 1. The predicted octanol–water partition coefficient (Wildman–Crippen LogP) is 4.03. The van der Waals surface area contributed by atoms with Crippen LogP contribution in [-0.4, -0.2) is 34.4 Å². The quantitative estimate of drug-likeness (QED) is 0.710. The second kappa shape index (κ2) is 7.87. The second-order valence-electron chi connectivity index (χ2n) is 7.49. The summed E-state index contributed by atoms with van der Waals surface area (Å²) in [5.74, 6) is -0.273. The third kappa shape index (κ3) is 3.72. The summed E-state index contributed by atoms with van der Waals surface area (Å²) in [5, 5.41) is 4.86. The first-order valence-electron chi connectivity index (χ1n) is 9.85. The molecule has 0 spiro atoms. The van der Waals surface area contributed by atoms with Crippen molar-refractivity contribution in [2.45, 2.75) is 33.2 Å². The highest BCUT2D eigenvalue weighted by Crippen LogP contribution is 2.32. The maximum absolute atomic E-state index is 12.7. The molecule has 1 aliphatic rings. The molecule has 29 heavy (non-hydrogen) atoms. The van der Waals surface area contributed by atoms with Gasteiger partial charge in [-0.25, -0.2) is 0 Å². The van der Waals surface area contributed by atoms with E-state index < -0.39 is 0 Å². The van der Waals surface area contributed by atoms with Crippen LogP contribution >= 0.6 is 11.3 Å². The Labute approximate surface area is 175 Å². The van der Waals surface area contributed by atoms with Crippen molar-refractivity contribution in [3.05, 3.63) is 75.2 Å². The average Bonchev–Trinajstić information content (AvgIpc) is 3.33. The molecule has 6 heteroatoms. The molecule has 0 bridgehead atoms. The number of hydrogen-bond acceptors (Lipinski definition) is 3. The molecule has 0 saturated heterocycles. The van der Waals surface area contributed by atoms with Crippen molar-refractivity contribution >= 4 is 23.2 Å². The number of nitrogens with one attached hydrogen (secondary N) is 1. The minimum Gasteiger partial charge on any atom is -0.343 e. The van der Waals surface area contributed by atoms with Crippen LogP contribution in [0.4, 0.5) is 0 Å². The number of nitrogens with zero attached hydrogens (tertiary/aromatic N) is 2. The van der Waals surface area contributed by atoms with Gasteiger partial charge in [-0.05, 0) is 80.6 Å². The minimum atomic E-state index is -0.230. The molecule has 3 heterocycles. The van der Waals surface area contributed by atoms with Gasteiger partial charge in [-0.3, -0.25) is 9.59 Å². The van der Waals surface area contributed by atoms with Crippen molar-refractivity contribution in [3.63, 3.8) is 0 Å². The van der Waals surface area contributed by atoms with Gasteiger partial charge >= 0.3 is 0 Å². The highest BCUT2D eigenvalue weighted by molar-refractivity contribution is 7.10. The Morgan fingerprint density at radius 2 is 1.76 bits per heavy atom. The van der Waals surface area contributed by atoms with E-state index in [0.717, 1.165) is 23.5 Å². The smallest absolute Gasteiger partial charge is 0.251 e. The molecule has 1 atom stereocenters. The Kier molecular flexibility index (Phi) is 5.28. The third-order valence-electron chi connectivity index (χ3n) is 5.66. The van der Waals surface area contributed by atoms with E-state index in [-0.39, 0.29) is 24.4 Å². The van der Waals surface area contributed by atoms with Crippen LogP contribution in [0.3, 0.4) is 0 Å². The maximum Gasteiger partial charge on any atom is 0.251 e. The Morgan fingerprint density at radius 1 is 1.07 bits per heavy atom. The molecule has 1 aromatic carbocycles. The molecule has 3 aromatic rings. The lowest BCUT2D eigenvalue weighted by Gasteiger charge is -2.33. The predicted molar refractivity (Wildman–Crippen MR) is 116 cm³/mol. The number of amides is 2. The molecule has 1 N–H and O–H groups in total. The standard InChI is InChI=1S/C23H25N3O2S/c1-15-4-5-16(2)26(15)19-8-6-18(7-9-19)23(28)24-14-22(27)25-12-10-21-20(17(25)3)11-13-29-21/h4-9,11,13,17H,10,12,14H2,1-3H3,(H,24,28)/t17-/m1/s1. The van der Waals surface area contributed by atoms with Gasteiger partial charge < -0.3 is 14.8 Å². The van der Waals surface area contributed by atoms with Crippen molar-refractivity contribution in [1.82, 2.24) is 14.8 Å². The third-order valence-corrected chi connectivity index (χ3v) is 6.65. The molecule has 1 aliphatic heterocycles. The molecule has 2 aromatic heterocycles. The van der Waals surface area contributed by atoms with E-state index in [1.807, 2.05) is 24.0 Å². The molecule has 0 unspecified atom stereocenters. The van der Waals surface area contributed by atoms with Crippen LogP contribution in [0.1, 0.15) is 45.2 Å². The topological polar surface area (TPSA) is 54.3 Å². The summed E-state index contributed by atoms with van der Waals surface area (Å²) in [5.41, 5.74) is 5.10. The van der Waals surface area contributed by atoms with Gasteiger partial charge in [0.25, 0.3) is 5.91 Å². The Balaban J connectivity index is 1.38. The van der Waals surface area contributed by atoms with Crippen LogP contribution in [-0.2, 0) is 11.2 Å². The summed E-state index contributed by atoms with van der Waals surface area (Å²) < 4.78 is 2.14. The lowest BCUT2D eigenvalue weighted by molar-refractivity contribution is -0.132. The summed E-state index contributed by atoms with van der Waals surface area (Å²) in [6.07, 6.45) is 0.886. The number of carbonyl (C=O) groups is 2. The first-order chi connectivity index (χ1) is 14.0. The lowest BCUT2D eigenvalue weighted by Crippen LogP contribution is -2.44. The number of benzene rings is 1. The van der Waals surface area contributed by atoms with Gasteiger partial charge in [0.15, 0.2) is 0 Å². The normalized spacial score (nSPS) is 15.8. The zero-order valence-electron chi connectivity index (χ0n) is 16.9. The number of hydrogen-bond donors (Lipinski definition) is 1. The fourth-order valence-corrected chi connectivity index (χ4v) is 5.01. The molecule has 5 nitrogen and oxygen atoms in total. The zero-order chi connectivity index (χ0) is 20.5. The Hall–Kier alpha value is -2.86. The number of fused-ring (bicyclic) bond motifs is 1. The summed E-state index contributed by atoms with van der Waals surface area (Å²) in [6, 6.07) is 13.8. The number of rotatable bonds is 4. The maximum atomic E-state index is 12.7. The molecular formula is C23H25N3O2S. The van der Waals surface area contributed by atoms with Gasteiger partial charge in [0, 0.05) is 34.1 Å². The second-order valence-corrected chi connectivity index (χ2v) is 8.49. The van der Waals surface area contributed by atoms with Crippen LogP contribution in [0.15, 0.2) is 47.8 Å². The number of aryl methyl sites for hydroxylation is 2. The Morgan fingerprint density at radius 3 is 2.45 bits per heavy atom. The van der Waals surface area contributed by atoms with Gasteiger partial charge in [0.05, 0.1) is 12.6 Å². The molecule has 4 rings (SSSR count). The lowest BCUT2D eigenvalue weighted by atomic mass is 10.0. The van der Waals surface area contributed by atoms with Gasteiger partial charge in [-0.1, -0.05) is 0 Å². The van der Waals surface area contributed by atoms with E-state index >= 15 is 0 Å². The van der Waals surface area contributed by atoms with Gasteiger partial charge in [-0.2, -0.15) is 0 Å². The minimum absolute atomic E-state index is 0.0141. The van der Waals surface area contributed by atoms with E-state index in [0.29, 0.717) is 12.1 Å². The van der Waals surface area contributed by atoms with Gasteiger partial charge in [0.2, 0.25) is 5.91 Å². The fourth-order valence-electron chi connectivity index (χ4n) is 4.05. The number of thiophene rings is 1. The van der Waals surface area contributed by atoms with Crippen molar-refractivity contribution < 1.29 is 9.59 Å². The van der Waals surface area contributed by atoms with E-state index in [1.165, 1.54) is 10.4 Å². The molecule has 2 amide bonds. The summed E-state index contributed by atoms with van der Waals surface area (Å²) >= 11 is 1.75. The molecule has 150 valence electrons.